The Morgan fingerprint density at radius 3 is 1.56 bits per heavy atom. The largest absolute Gasteiger partial charge is 0.497 e. The number of benzene rings is 1. The molecule has 0 fully saturated rings. The summed E-state index contributed by atoms with van der Waals surface area (Å²) in [6, 6.07) is 7.94. The summed E-state index contributed by atoms with van der Waals surface area (Å²) in [5, 5.41) is -0.0183. The molecular formula is C43H82O8Si3. The maximum atomic E-state index is 13.6. The van der Waals surface area contributed by atoms with E-state index in [9.17, 15) is 4.79 Å². The third kappa shape index (κ3) is 14.0. The first kappa shape index (κ1) is 50.7. The molecule has 0 bridgehead atoms. The smallest absolute Gasteiger partial charge is 0.336 e. The van der Waals surface area contributed by atoms with Crippen LogP contribution in [0.15, 0.2) is 35.9 Å². The molecule has 0 heterocycles. The van der Waals surface area contributed by atoms with Crippen LogP contribution in [0, 0.1) is 17.8 Å². The Hall–Kier alpha value is -1.32. The van der Waals surface area contributed by atoms with Gasteiger partial charge in [-0.1, -0.05) is 101 Å². The van der Waals surface area contributed by atoms with Crippen molar-refractivity contribution in [3.05, 3.63) is 41.5 Å². The zero-order valence-corrected chi connectivity index (χ0v) is 41.6. The molecule has 54 heavy (non-hydrogen) atoms. The first-order chi connectivity index (χ1) is 24.4. The highest BCUT2D eigenvalue weighted by Crippen LogP contribution is 2.43. The van der Waals surface area contributed by atoms with Crippen LogP contribution in [0.1, 0.15) is 95.6 Å². The van der Waals surface area contributed by atoms with E-state index in [-0.39, 0.29) is 39.0 Å². The average molecular weight is 811 g/mol. The lowest BCUT2D eigenvalue weighted by molar-refractivity contribution is -0.165. The van der Waals surface area contributed by atoms with Gasteiger partial charge in [0, 0.05) is 25.6 Å². The van der Waals surface area contributed by atoms with E-state index in [1.165, 1.54) is 7.11 Å². The highest BCUT2D eigenvalue weighted by Gasteiger charge is 2.49. The van der Waals surface area contributed by atoms with Gasteiger partial charge >= 0.3 is 5.97 Å². The summed E-state index contributed by atoms with van der Waals surface area (Å²) in [7, 11) is -1.92. The first-order valence-corrected chi connectivity index (χ1v) is 28.6. The van der Waals surface area contributed by atoms with Crippen LogP contribution < -0.4 is 4.74 Å². The number of carbonyl (C=O) groups is 1. The fourth-order valence-corrected chi connectivity index (χ4v) is 9.51. The molecule has 0 unspecified atom stereocenters. The molecule has 1 aromatic carbocycles. The van der Waals surface area contributed by atoms with Gasteiger partial charge in [-0.2, -0.15) is 0 Å². The molecule has 314 valence electrons. The number of hydrogen-bond acceptors (Lipinski definition) is 8. The maximum absolute atomic E-state index is 13.6. The van der Waals surface area contributed by atoms with E-state index in [1.54, 1.807) is 14.2 Å². The van der Waals surface area contributed by atoms with E-state index in [1.807, 2.05) is 24.3 Å². The highest BCUT2D eigenvalue weighted by molar-refractivity contribution is 6.75. The molecule has 0 spiro atoms. The number of carbonyl (C=O) groups excluding carboxylic acids is 1. The van der Waals surface area contributed by atoms with Crippen molar-refractivity contribution < 1.29 is 37.0 Å². The molecule has 0 aliphatic heterocycles. The lowest BCUT2D eigenvalue weighted by atomic mass is 9.82. The molecule has 0 radical (unpaired) electrons. The summed E-state index contributed by atoms with van der Waals surface area (Å²) >= 11 is 0. The summed E-state index contributed by atoms with van der Waals surface area (Å²) in [4.78, 5) is 13.6. The fraction of sp³-hybridized carbons (Fsp3) is 0.791. The van der Waals surface area contributed by atoms with Gasteiger partial charge < -0.3 is 32.2 Å². The Balaban J connectivity index is 3.88. The number of ether oxygens (including phenoxy) is 4. The van der Waals surface area contributed by atoms with E-state index < -0.39 is 49.2 Å². The number of methoxy groups -OCH3 is 3. The third-order valence-electron chi connectivity index (χ3n) is 12.6. The quantitative estimate of drug-likeness (QED) is 0.0732. The van der Waals surface area contributed by atoms with Crippen molar-refractivity contribution in [3.8, 4) is 5.75 Å². The Morgan fingerprint density at radius 2 is 1.15 bits per heavy atom. The monoisotopic (exact) mass is 811 g/mol. The van der Waals surface area contributed by atoms with Crippen LogP contribution in [-0.2, 0) is 38.9 Å². The van der Waals surface area contributed by atoms with Crippen molar-refractivity contribution in [2.75, 3.05) is 27.9 Å². The molecule has 0 saturated heterocycles. The molecule has 0 aliphatic rings. The van der Waals surface area contributed by atoms with Crippen LogP contribution in [0.25, 0.3) is 0 Å². The molecule has 11 heteroatoms. The Kier molecular flexibility index (Phi) is 18.7. The van der Waals surface area contributed by atoms with Gasteiger partial charge in [-0.15, -0.1) is 0 Å². The predicted molar refractivity (Wildman–Crippen MR) is 233 cm³/mol. The highest BCUT2D eigenvalue weighted by atomic mass is 28.4. The second-order valence-electron chi connectivity index (χ2n) is 20.1. The zero-order valence-electron chi connectivity index (χ0n) is 38.6. The topological polar surface area (TPSA) is 81.7 Å². The standard InChI is InChI=1S/C43H82O8Si3/c1-30(28-49-52(17,18)41(5,6)7)27-31(2)36(50-53(19,20)42(8,9)10)32(3)37(48-29-34-23-25-35(45-14)26-24-34)33(4)38(46-15)39(40(44)47-16)51-54(21,22)43(11,12)13/h23-27,30,32-33,36-39H,28-29H2,1-22H3/b31-27+/t30-,32+,33+,36-,37-,38-,39+/m0/s1. The molecule has 1 aromatic rings. The van der Waals surface area contributed by atoms with Gasteiger partial charge in [0.15, 0.2) is 31.1 Å². The molecule has 1 rings (SSSR count). The van der Waals surface area contributed by atoms with Crippen molar-refractivity contribution in [2.24, 2.45) is 17.8 Å². The van der Waals surface area contributed by atoms with Crippen molar-refractivity contribution in [3.63, 3.8) is 0 Å². The SMILES string of the molecule is COC(=O)[C@H](O[Si](C)(C)C(C)(C)C)[C@@H](OC)[C@H](C)[C@@H](OCc1ccc(OC)cc1)[C@H](C)[C@@H](O[Si](C)(C)C(C)(C)C)/C(C)=C/[C@H](C)CO[Si](C)(C)C(C)(C)C. The molecule has 0 saturated carbocycles. The number of hydrogen-bond donors (Lipinski definition) is 0. The Morgan fingerprint density at radius 1 is 0.685 bits per heavy atom. The van der Waals surface area contributed by atoms with Crippen LogP contribution in [0.2, 0.25) is 54.4 Å². The maximum Gasteiger partial charge on any atom is 0.336 e. The third-order valence-corrected chi connectivity index (χ3v) is 26.0. The van der Waals surface area contributed by atoms with Gasteiger partial charge in [-0.05, 0) is 90.5 Å². The lowest BCUT2D eigenvalue weighted by Gasteiger charge is -2.45. The minimum Gasteiger partial charge on any atom is -0.497 e. The fourth-order valence-electron chi connectivity index (χ4n) is 5.79. The molecule has 0 N–H and O–H groups in total. The second-order valence-corrected chi connectivity index (χ2v) is 34.4. The van der Waals surface area contributed by atoms with Crippen LogP contribution in [0.3, 0.4) is 0 Å². The minimum atomic E-state index is -2.43. The van der Waals surface area contributed by atoms with Gasteiger partial charge in [-0.25, -0.2) is 4.79 Å². The normalized spacial score (nSPS) is 18.0. The summed E-state index contributed by atoms with van der Waals surface area (Å²) in [6.07, 6.45) is 0.0888. The first-order valence-electron chi connectivity index (χ1n) is 19.9. The Bertz CT molecular complexity index is 1320. The molecule has 0 aliphatic carbocycles. The van der Waals surface area contributed by atoms with Crippen molar-refractivity contribution in [1.29, 1.82) is 0 Å². The van der Waals surface area contributed by atoms with E-state index in [2.05, 4.69) is 135 Å². The average Bonchev–Trinajstić information content (AvgIpc) is 3.04. The van der Waals surface area contributed by atoms with E-state index in [0.29, 0.717) is 13.2 Å². The minimum absolute atomic E-state index is 0.0184. The van der Waals surface area contributed by atoms with E-state index >= 15 is 0 Å². The predicted octanol–water partition coefficient (Wildman–Crippen LogP) is 11.4. The van der Waals surface area contributed by atoms with Crippen LogP contribution in [0.5, 0.6) is 5.75 Å². The van der Waals surface area contributed by atoms with Crippen molar-refractivity contribution in [1.82, 2.24) is 0 Å². The summed E-state index contributed by atoms with van der Waals surface area (Å²) in [5.74, 6) is 0.0910. The Labute approximate surface area is 335 Å². The van der Waals surface area contributed by atoms with Gasteiger partial charge in [0.2, 0.25) is 0 Å². The second kappa shape index (κ2) is 19.9. The van der Waals surface area contributed by atoms with Crippen LogP contribution in [-0.4, -0.2) is 83.3 Å². The van der Waals surface area contributed by atoms with Crippen LogP contribution >= 0.6 is 0 Å². The van der Waals surface area contributed by atoms with Crippen LogP contribution in [0.4, 0.5) is 0 Å². The van der Waals surface area contributed by atoms with E-state index in [4.69, 9.17) is 32.2 Å². The molecular weight excluding hydrogens is 729 g/mol. The number of rotatable bonds is 20. The summed E-state index contributed by atoms with van der Waals surface area (Å²) < 4.78 is 45.0. The van der Waals surface area contributed by atoms with Gasteiger partial charge in [0.05, 0.1) is 39.1 Å². The van der Waals surface area contributed by atoms with Gasteiger partial charge in [0.1, 0.15) is 5.75 Å². The molecule has 8 nitrogen and oxygen atoms in total. The molecule has 7 atom stereocenters. The van der Waals surface area contributed by atoms with Crippen molar-refractivity contribution >= 4 is 30.9 Å². The molecule has 0 amide bonds. The summed E-state index contributed by atoms with van der Waals surface area (Å²) in [6.45, 7) is 43.4. The van der Waals surface area contributed by atoms with E-state index in [0.717, 1.165) is 16.9 Å². The summed E-state index contributed by atoms with van der Waals surface area (Å²) in [5.41, 5.74) is 2.17. The lowest BCUT2D eigenvalue weighted by Crippen LogP contribution is -2.55. The molecule has 0 aromatic heterocycles. The van der Waals surface area contributed by atoms with Gasteiger partial charge in [-0.3, -0.25) is 0 Å². The van der Waals surface area contributed by atoms with Crippen molar-refractivity contribution in [2.45, 2.75) is 175 Å². The van der Waals surface area contributed by atoms with Gasteiger partial charge in [0.25, 0.3) is 0 Å². The zero-order chi connectivity index (χ0) is 42.3. The number of esters is 1.